The zero-order valence-corrected chi connectivity index (χ0v) is 18.2. The van der Waals surface area contributed by atoms with Crippen molar-refractivity contribution in [2.75, 3.05) is 7.11 Å². The van der Waals surface area contributed by atoms with E-state index in [1.54, 1.807) is 12.1 Å². The molecular formula is C22H22F3N5O3. The highest BCUT2D eigenvalue weighted by Gasteiger charge is 2.41. The molecule has 0 bridgehead atoms. The number of ether oxygens (including phenoxy) is 1. The van der Waals surface area contributed by atoms with Gasteiger partial charge in [0.25, 0.3) is 0 Å². The molecule has 3 aromatic heterocycles. The number of allylic oxidation sites excluding steroid dienone is 3. The number of alkyl halides is 3. The number of rotatable bonds is 6. The summed E-state index contributed by atoms with van der Waals surface area (Å²) in [6.07, 6.45) is 4.09. The molecule has 1 aliphatic rings. The highest BCUT2D eigenvalue weighted by Crippen LogP contribution is 2.44. The van der Waals surface area contributed by atoms with Gasteiger partial charge in [0.1, 0.15) is 17.8 Å². The molecule has 33 heavy (non-hydrogen) atoms. The van der Waals surface area contributed by atoms with Gasteiger partial charge in [0.15, 0.2) is 11.5 Å². The van der Waals surface area contributed by atoms with Crippen molar-refractivity contribution >= 4 is 5.57 Å². The summed E-state index contributed by atoms with van der Waals surface area (Å²) in [6, 6.07) is 1.57. The Morgan fingerprint density at radius 2 is 2.06 bits per heavy atom. The van der Waals surface area contributed by atoms with E-state index in [-0.39, 0.29) is 23.4 Å². The number of hydrogen-bond donors (Lipinski definition) is 1. The number of nitrogens with zero attached hydrogens (tertiary/aromatic N) is 5. The predicted molar refractivity (Wildman–Crippen MR) is 112 cm³/mol. The molecule has 3 heterocycles. The number of aliphatic hydroxyl groups is 1. The Morgan fingerprint density at radius 1 is 1.27 bits per heavy atom. The van der Waals surface area contributed by atoms with E-state index in [2.05, 4.69) is 20.2 Å². The van der Waals surface area contributed by atoms with E-state index in [4.69, 9.17) is 9.26 Å². The van der Waals surface area contributed by atoms with Crippen molar-refractivity contribution < 1.29 is 27.5 Å². The molecule has 0 fully saturated rings. The number of halogens is 3. The predicted octanol–water partition coefficient (Wildman–Crippen LogP) is 4.49. The summed E-state index contributed by atoms with van der Waals surface area (Å²) in [5.41, 5.74) is -1.10. The lowest BCUT2D eigenvalue weighted by Gasteiger charge is -2.20. The van der Waals surface area contributed by atoms with Gasteiger partial charge in [-0.2, -0.15) is 18.3 Å². The number of methoxy groups -OCH3 is 1. The molecule has 0 aliphatic heterocycles. The van der Waals surface area contributed by atoms with E-state index in [1.165, 1.54) is 33.5 Å². The molecule has 11 heteroatoms. The zero-order valence-electron chi connectivity index (χ0n) is 18.2. The Hall–Kier alpha value is -3.47. The Balaban J connectivity index is 1.98. The topological polar surface area (TPSA) is 99.1 Å². The first-order valence-corrected chi connectivity index (χ1v) is 10.2. The Morgan fingerprint density at radius 3 is 2.70 bits per heavy atom. The normalized spacial score (nSPS) is 14.8. The van der Waals surface area contributed by atoms with Gasteiger partial charge in [-0.15, -0.1) is 0 Å². The third-order valence-corrected chi connectivity index (χ3v) is 5.05. The van der Waals surface area contributed by atoms with Crippen LogP contribution in [0.5, 0.6) is 0 Å². The first-order chi connectivity index (χ1) is 15.6. The lowest BCUT2D eigenvalue weighted by molar-refractivity contribution is -0.144. The van der Waals surface area contributed by atoms with Crippen LogP contribution < -0.4 is 0 Å². The second-order valence-electron chi connectivity index (χ2n) is 8.19. The molecule has 1 aliphatic carbocycles. The average Bonchev–Trinajstić information content (AvgIpc) is 3.37. The van der Waals surface area contributed by atoms with Gasteiger partial charge in [-0.05, 0) is 38.8 Å². The number of aromatic nitrogens is 5. The highest BCUT2D eigenvalue weighted by atomic mass is 19.4. The summed E-state index contributed by atoms with van der Waals surface area (Å²) in [4.78, 5) is 8.13. The molecule has 0 saturated heterocycles. The largest absolute Gasteiger partial charge is 0.496 e. The maximum Gasteiger partial charge on any atom is 0.433 e. The molecule has 0 unspecified atom stereocenters. The maximum atomic E-state index is 14.1. The Bertz CT molecular complexity index is 1200. The fraction of sp³-hybridized carbons (Fsp3) is 0.364. The highest BCUT2D eigenvalue weighted by molar-refractivity contribution is 5.88. The van der Waals surface area contributed by atoms with Gasteiger partial charge >= 0.3 is 6.18 Å². The van der Waals surface area contributed by atoms with E-state index >= 15 is 0 Å². The zero-order chi connectivity index (χ0) is 23.8. The van der Waals surface area contributed by atoms with Crippen LogP contribution in [0.1, 0.15) is 38.1 Å². The SMILES string of the molecule is COC1=C(c2noc(-c3cnn(CC(C)(C)O)c3C(F)(F)F)c2-c2ccncn2)CCC=C1. The summed E-state index contributed by atoms with van der Waals surface area (Å²) in [6.45, 7) is 2.45. The van der Waals surface area contributed by atoms with Crippen molar-refractivity contribution in [2.24, 2.45) is 0 Å². The van der Waals surface area contributed by atoms with Gasteiger partial charge in [0.2, 0.25) is 0 Å². The first-order valence-electron chi connectivity index (χ1n) is 10.2. The molecule has 0 amide bonds. The van der Waals surface area contributed by atoms with E-state index in [9.17, 15) is 18.3 Å². The fourth-order valence-electron chi connectivity index (χ4n) is 3.76. The van der Waals surface area contributed by atoms with Crippen LogP contribution in [0.3, 0.4) is 0 Å². The van der Waals surface area contributed by atoms with Crippen LogP contribution in [0.4, 0.5) is 13.2 Å². The third-order valence-electron chi connectivity index (χ3n) is 5.05. The Kier molecular flexibility index (Phi) is 5.83. The lowest BCUT2D eigenvalue weighted by atomic mass is 9.94. The van der Waals surface area contributed by atoms with Crippen LogP contribution in [-0.2, 0) is 17.5 Å². The van der Waals surface area contributed by atoms with Crippen LogP contribution >= 0.6 is 0 Å². The van der Waals surface area contributed by atoms with Crippen molar-refractivity contribution in [3.8, 4) is 22.6 Å². The second-order valence-corrected chi connectivity index (χ2v) is 8.19. The minimum absolute atomic E-state index is 0.129. The molecule has 0 aromatic carbocycles. The van der Waals surface area contributed by atoms with Crippen LogP contribution in [-0.4, -0.2) is 42.7 Å². The summed E-state index contributed by atoms with van der Waals surface area (Å²) in [5.74, 6) is 0.417. The van der Waals surface area contributed by atoms with Gasteiger partial charge in [-0.3, -0.25) is 4.68 Å². The van der Waals surface area contributed by atoms with Crippen LogP contribution in [0, 0.1) is 0 Å². The monoisotopic (exact) mass is 461 g/mol. The van der Waals surface area contributed by atoms with Crippen molar-refractivity contribution in [3.63, 3.8) is 0 Å². The molecule has 3 aromatic rings. The van der Waals surface area contributed by atoms with Crippen LogP contribution in [0.25, 0.3) is 28.2 Å². The molecule has 1 N–H and O–H groups in total. The summed E-state index contributed by atoms with van der Waals surface area (Å²) in [7, 11) is 1.51. The average molecular weight is 461 g/mol. The summed E-state index contributed by atoms with van der Waals surface area (Å²) >= 11 is 0. The van der Waals surface area contributed by atoms with E-state index < -0.39 is 17.5 Å². The molecule has 8 nitrogen and oxygen atoms in total. The number of hydrogen-bond acceptors (Lipinski definition) is 7. The quantitative estimate of drug-likeness (QED) is 0.577. The van der Waals surface area contributed by atoms with E-state index in [0.29, 0.717) is 35.6 Å². The molecule has 0 atom stereocenters. The van der Waals surface area contributed by atoms with Crippen molar-refractivity contribution in [3.05, 3.63) is 54.1 Å². The third kappa shape index (κ3) is 4.54. The second kappa shape index (κ2) is 8.47. The van der Waals surface area contributed by atoms with Crippen molar-refractivity contribution in [1.82, 2.24) is 24.9 Å². The molecular weight excluding hydrogens is 439 g/mol. The fourth-order valence-corrected chi connectivity index (χ4v) is 3.76. The van der Waals surface area contributed by atoms with Crippen LogP contribution in [0.2, 0.25) is 0 Å². The molecule has 0 radical (unpaired) electrons. The maximum absolute atomic E-state index is 14.1. The lowest BCUT2D eigenvalue weighted by Crippen LogP contribution is -2.29. The van der Waals surface area contributed by atoms with Crippen LogP contribution in [0.15, 0.2) is 47.2 Å². The van der Waals surface area contributed by atoms with Gasteiger partial charge in [0.05, 0.1) is 42.3 Å². The summed E-state index contributed by atoms with van der Waals surface area (Å²) < 4.78 is 54.1. The molecule has 4 rings (SSSR count). The standard InChI is InChI=1S/C22H22F3N5O3/c1-21(2,31)11-30-20(22(23,24)25)14(10-28-30)19-17(15-8-9-26-12-27-15)18(29-33-19)13-6-4-5-7-16(13)32-3/h5,7-10,12,31H,4,6,11H2,1-3H3. The Labute approximate surface area is 187 Å². The molecule has 174 valence electrons. The van der Waals surface area contributed by atoms with Gasteiger partial charge in [0, 0.05) is 11.8 Å². The van der Waals surface area contributed by atoms with E-state index in [0.717, 1.165) is 10.9 Å². The minimum atomic E-state index is -4.77. The van der Waals surface area contributed by atoms with Gasteiger partial charge < -0.3 is 14.4 Å². The first kappa shape index (κ1) is 22.7. The van der Waals surface area contributed by atoms with Crippen molar-refractivity contribution in [1.29, 1.82) is 0 Å². The van der Waals surface area contributed by atoms with E-state index in [1.807, 2.05) is 6.08 Å². The van der Waals surface area contributed by atoms with Gasteiger partial charge in [-0.1, -0.05) is 11.2 Å². The smallest absolute Gasteiger partial charge is 0.433 e. The minimum Gasteiger partial charge on any atom is -0.496 e. The summed E-state index contributed by atoms with van der Waals surface area (Å²) in [5, 5.41) is 18.1. The van der Waals surface area contributed by atoms with Crippen molar-refractivity contribution in [2.45, 2.75) is 45.0 Å². The molecule has 0 spiro atoms. The molecule has 0 saturated carbocycles. The van der Waals surface area contributed by atoms with Gasteiger partial charge in [-0.25, -0.2) is 9.97 Å².